The van der Waals surface area contributed by atoms with Gasteiger partial charge >= 0.3 is 0 Å². The minimum Gasteiger partial charge on any atom is -0.212 e. The molecule has 0 bridgehead atoms. The zero-order valence-corrected chi connectivity index (χ0v) is 12.0. The van der Waals surface area contributed by atoms with Crippen LogP contribution in [0.1, 0.15) is 31.9 Å². The maximum absolute atomic E-state index is 11.7. The van der Waals surface area contributed by atoms with E-state index in [1.165, 1.54) is 9.87 Å². The number of nitrogens with zero attached hydrogens (tertiary/aromatic N) is 1. The molecule has 0 N–H and O–H groups in total. The van der Waals surface area contributed by atoms with Crippen LogP contribution in [-0.4, -0.2) is 26.8 Å². The van der Waals surface area contributed by atoms with E-state index in [-0.39, 0.29) is 11.2 Å². The second-order valence-corrected chi connectivity index (χ2v) is 7.67. The zero-order chi connectivity index (χ0) is 13.3. The molecule has 4 heteroatoms. The highest BCUT2D eigenvalue weighted by Crippen LogP contribution is 2.22. The molecule has 17 heavy (non-hydrogen) atoms. The first-order valence-corrected chi connectivity index (χ1v) is 7.23. The van der Waals surface area contributed by atoms with Gasteiger partial charge in [0.2, 0.25) is 10.0 Å². The van der Waals surface area contributed by atoms with Crippen LogP contribution in [0.15, 0.2) is 24.3 Å². The number of hydrogen-bond donors (Lipinski definition) is 0. The van der Waals surface area contributed by atoms with Crippen molar-refractivity contribution in [3.8, 4) is 0 Å². The molecule has 96 valence electrons. The van der Waals surface area contributed by atoms with E-state index in [1.807, 2.05) is 24.3 Å². The molecule has 1 rings (SSSR count). The predicted octanol–water partition coefficient (Wildman–Crippen LogP) is 2.38. The Hall–Kier alpha value is -0.870. The summed E-state index contributed by atoms with van der Waals surface area (Å²) in [6.45, 7) is 6.41. The van der Waals surface area contributed by atoms with Crippen molar-refractivity contribution in [2.75, 3.05) is 14.1 Å². The second-order valence-electron chi connectivity index (χ2n) is 5.49. The van der Waals surface area contributed by atoms with Gasteiger partial charge in [-0.2, -0.15) is 0 Å². The van der Waals surface area contributed by atoms with Gasteiger partial charge in [-0.25, -0.2) is 12.7 Å². The molecule has 0 spiro atoms. The molecule has 1 aromatic carbocycles. The predicted molar refractivity (Wildman–Crippen MR) is 71.5 cm³/mol. The Kier molecular flexibility index (Phi) is 3.99. The molecule has 0 aromatic heterocycles. The van der Waals surface area contributed by atoms with E-state index in [9.17, 15) is 8.42 Å². The summed E-state index contributed by atoms with van der Waals surface area (Å²) in [5, 5.41) is 0. The topological polar surface area (TPSA) is 37.4 Å². The number of sulfonamides is 1. The summed E-state index contributed by atoms with van der Waals surface area (Å²) < 4.78 is 24.7. The largest absolute Gasteiger partial charge is 0.217 e. The summed E-state index contributed by atoms with van der Waals surface area (Å²) in [7, 11) is -0.0574. The van der Waals surface area contributed by atoms with E-state index in [1.54, 1.807) is 14.1 Å². The van der Waals surface area contributed by atoms with Gasteiger partial charge < -0.3 is 0 Å². The van der Waals surface area contributed by atoms with E-state index in [0.29, 0.717) is 0 Å². The molecule has 0 saturated carbocycles. The molecule has 0 heterocycles. The fourth-order valence-corrected chi connectivity index (χ4v) is 2.31. The standard InChI is InChI=1S/C13H21NO2S/c1-13(2,3)12-8-6-11(7-9-12)10-17(15,16)14(4)5/h6-9H,10H2,1-5H3. The van der Waals surface area contributed by atoms with Crippen LogP contribution in [0.3, 0.4) is 0 Å². The van der Waals surface area contributed by atoms with Crippen molar-refractivity contribution >= 4 is 10.0 Å². The lowest BCUT2D eigenvalue weighted by Gasteiger charge is -2.19. The summed E-state index contributed by atoms with van der Waals surface area (Å²) in [5.41, 5.74) is 2.13. The van der Waals surface area contributed by atoms with Crippen molar-refractivity contribution in [3.63, 3.8) is 0 Å². The third-order valence-corrected chi connectivity index (χ3v) is 4.54. The summed E-state index contributed by atoms with van der Waals surface area (Å²) >= 11 is 0. The van der Waals surface area contributed by atoms with Gasteiger partial charge in [0.15, 0.2) is 0 Å². The SMILES string of the molecule is CN(C)S(=O)(=O)Cc1ccc(C(C)(C)C)cc1. The summed E-state index contributed by atoms with van der Waals surface area (Å²) in [5.74, 6) is 0.0599. The Labute approximate surface area is 105 Å². The van der Waals surface area contributed by atoms with Gasteiger partial charge in [-0.05, 0) is 16.5 Å². The number of rotatable bonds is 3. The average molecular weight is 255 g/mol. The lowest BCUT2D eigenvalue weighted by molar-refractivity contribution is 0.519. The minimum atomic E-state index is -3.17. The fraction of sp³-hybridized carbons (Fsp3) is 0.538. The monoisotopic (exact) mass is 255 g/mol. The molecule has 0 fully saturated rings. The van der Waals surface area contributed by atoms with Crippen LogP contribution in [0.4, 0.5) is 0 Å². The van der Waals surface area contributed by atoms with Crippen LogP contribution in [0, 0.1) is 0 Å². The highest BCUT2D eigenvalue weighted by molar-refractivity contribution is 7.88. The van der Waals surface area contributed by atoms with Crippen molar-refractivity contribution in [1.82, 2.24) is 4.31 Å². The smallest absolute Gasteiger partial charge is 0.212 e. The molecule has 3 nitrogen and oxygen atoms in total. The maximum Gasteiger partial charge on any atom is 0.217 e. The fourth-order valence-electron chi connectivity index (χ4n) is 1.44. The van der Waals surface area contributed by atoms with Crippen molar-refractivity contribution in [3.05, 3.63) is 35.4 Å². The first kappa shape index (κ1) is 14.2. The highest BCUT2D eigenvalue weighted by Gasteiger charge is 2.16. The summed E-state index contributed by atoms with van der Waals surface area (Å²) in [6, 6.07) is 7.78. The van der Waals surface area contributed by atoms with Gasteiger partial charge in [-0.1, -0.05) is 45.0 Å². The van der Waals surface area contributed by atoms with E-state index >= 15 is 0 Å². The van der Waals surface area contributed by atoms with Gasteiger partial charge in [-0.15, -0.1) is 0 Å². The van der Waals surface area contributed by atoms with E-state index in [0.717, 1.165) is 5.56 Å². The van der Waals surface area contributed by atoms with Crippen LogP contribution in [-0.2, 0) is 21.2 Å². The molecule has 0 aliphatic rings. The summed E-state index contributed by atoms with van der Waals surface area (Å²) in [4.78, 5) is 0. The van der Waals surface area contributed by atoms with Crippen LogP contribution >= 0.6 is 0 Å². The highest BCUT2D eigenvalue weighted by atomic mass is 32.2. The number of benzene rings is 1. The third kappa shape index (κ3) is 3.82. The summed E-state index contributed by atoms with van der Waals surface area (Å²) in [6.07, 6.45) is 0. The first-order chi connectivity index (χ1) is 7.63. The van der Waals surface area contributed by atoms with Gasteiger partial charge in [0.05, 0.1) is 5.75 Å². The van der Waals surface area contributed by atoms with Crippen LogP contribution in [0.5, 0.6) is 0 Å². The maximum atomic E-state index is 11.7. The molecular formula is C13H21NO2S. The Morgan fingerprint density at radius 1 is 1.06 bits per heavy atom. The Morgan fingerprint density at radius 2 is 1.53 bits per heavy atom. The molecular weight excluding hydrogens is 234 g/mol. The van der Waals surface area contributed by atoms with Crippen molar-refractivity contribution in [2.45, 2.75) is 31.9 Å². The Bertz CT molecular complexity index is 467. The van der Waals surface area contributed by atoms with E-state index in [2.05, 4.69) is 20.8 Å². The average Bonchev–Trinajstić information content (AvgIpc) is 2.16. The number of hydrogen-bond acceptors (Lipinski definition) is 2. The van der Waals surface area contributed by atoms with Gasteiger partial charge in [-0.3, -0.25) is 0 Å². The molecule has 0 aliphatic carbocycles. The lowest BCUT2D eigenvalue weighted by Crippen LogP contribution is -2.23. The molecule has 0 atom stereocenters. The van der Waals surface area contributed by atoms with Gasteiger partial charge in [0.25, 0.3) is 0 Å². The molecule has 0 aliphatic heterocycles. The molecule has 0 saturated heterocycles. The Morgan fingerprint density at radius 3 is 1.88 bits per heavy atom. The molecule has 0 unspecified atom stereocenters. The van der Waals surface area contributed by atoms with Crippen LogP contribution < -0.4 is 0 Å². The lowest BCUT2D eigenvalue weighted by atomic mass is 9.87. The molecule has 0 radical (unpaired) electrons. The van der Waals surface area contributed by atoms with Gasteiger partial charge in [0.1, 0.15) is 0 Å². The zero-order valence-electron chi connectivity index (χ0n) is 11.2. The van der Waals surface area contributed by atoms with Gasteiger partial charge in [0, 0.05) is 14.1 Å². The quantitative estimate of drug-likeness (QED) is 0.831. The first-order valence-electron chi connectivity index (χ1n) is 5.62. The van der Waals surface area contributed by atoms with Crippen molar-refractivity contribution in [2.24, 2.45) is 0 Å². The van der Waals surface area contributed by atoms with Crippen molar-refractivity contribution < 1.29 is 8.42 Å². The van der Waals surface area contributed by atoms with E-state index in [4.69, 9.17) is 0 Å². The Balaban J connectivity index is 2.91. The van der Waals surface area contributed by atoms with E-state index < -0.39 is 10.0 Å². The van der Waals surface area contributed by atoms with Crippen LogP contribution in [0.2, 0.25) is 0 Å². The minimum absolute atomic E-state index is 0.0599. The van der Waals surface area contributed by atoms with Crippen LogP contribution in [0.25, 0.3) is 0 Å². The molecule has 1 aromatic rings. The van der Waals surface area contributed by atoms with Crippen molar-refractivity contribution in [1.29, 1.82) is 0 Å². The normalized spacial score (nSPS) is 13.1. The third-order valence-electron chi connectivity index (χ3n) is 2.73. The second kappa shape index (κ2) is 4.78. The molecule has 0 amide bonds.